The van der Waals surface area contributed by atoms with Crippen molar-refractivity contribution < 1.29 is 27.5 Å². The fourth-order valence-corrected chi connectivity index (χ4v) is 6.45. The van der Waals surface area contributed by atoms with Gasteiger partial charge in [-0.25, -0.2) is 28.1 Å². The van der Waals surface area contributed by atoms with Crippen molar-refractivity contribution in [3.8, 4) is 11.3 Å². The maximum Gasteiger partial charge on any atom is 0.336 e. The van der Waals surface area contributed by atoms with E-state index in [1.54, 1.807) is 30.5 Å². The number of sulfonamides is 1. The number of anilines is 1. The van der Waals surface area contributed by atoms with Crippen molar-refractivity contribution in [2.24, 2.45) is 5.14 Å². The van der Waals surface area contributed by atoms with Crippen LogP contribution in [0.4, 0.5) is 5.13 Å². The highest BCUT2D eigenvalue weighted by atomic mass is 32.2. The molecule has 1 aromatic heterocycles. The largest absolute Gasteiger partial charge is 0.467 e. The van der Waals surface area contributed by atoms with Crippen molar-refractivity contribution in [2.75, 3.05) is 19.5 Å². The zero-order valence-corrected chi connectivity index (χ0v) is 22.9. The van der Waals surface area contributed by atoms with Gasteiger partial charge < -0.3 is 20.1 Å². The molecule has 3 aromatic rings. The predicted molar refractivity (Wildman–Crippen MR) is 144 cm³/mol. The zero-order chi connectivity index (χ0) is 27.7. The molecule has 3 unspecified atom stereocenters. The van der Waals surface area contributed by atoms with Gasteiger partial charge in [-0.05, 0) is 25.5 Å². The highest BCUT2D eigenvalue weighted by Gasteiger charge is 2.58. The summed E-state index contributed by atoms with van der Waals surface area (Å²) in [7, 11) is -1.45. The number of hydrogen-bond acceptors (Lipinski definition) is 10. The molecule has 1 aliphatic rings. The van der Waals surface area contributed by atoms with E-state index in [1.807, 2.05) is 37.3 Å². The van der Waals surface area contributed by atoms with Crippen molar-refractivity contribution in [1.82, 2.24) is 10.3 Å². The standard InChI is InChI=1S/C26H28N4O6S2/c1-15-21(23(31)35-3)22(17-10-6-5-7-11-17)26(16(2)28-15,24(32)36-4)30-25-29-19(14-37-25)18-12-8-9-13-20(18)38(27,33)34/h5-14,16,22,28H,1-4H3,(H,29,30)(H2,27,33,34). The number of rotatable bonds is 7. The first-order chi connectivity index (χ1) is 18.0. The number of carbonyl (C=O) groups is 2. The first-order valence-electron chi connectivity index (χ1n) is 11.6. The lowest BCUT2D eigenvalue weighted by Crippen LogP contribution is -2.66. The second-order valence-corrected chi connectivity index (χ2v) is 11.2. The lowest BCUT2D eigenvalue weighted by Gasteiger charge is -2.47. The van der Waals surface area contributed by atoms with Crippen LogP contribution in [-0.2, 0) is 29.1 Å². The van der Waals surface area contributed by atoms with Crippen LogP contribution in [-0.4, -0.2) is 51.1 Å². The van der Waals surface area contributed by atoms with Crippen molar-refractivity contribution in [3.63, 3.8) is 0 Å². The molecule has 0 amide bonds. The number of primary sulfonamides is 1. The van der Waals surface area contributed by atoms with Gasteiger partial charge in [-0.2, -0.15) is 0 Å². The quantitative estimate of drug-likeness (QED) is 0.373. The molecule has 0 saturated carbocycles. The van der Waals surface area contributed by atoms with Gasteiger partial charge in [0, 0.05) is 16.6 Å². The monoisotopic (exact) mass is 556 g/mol. The molecule has 38 heavy (non-hydrogen) atoms. The van der Waals surface area contributed by atoms with Gasteiger partial charge in [0.2, 0.25) is 10.0 Å². The maximum absolute atomic E-state index is 13.7. The Hall–Kier alpha value is -3.74. The van der Waals surface area contributed by atoms with Crippen LogP contribution in [0, 0.1) is 0 Å². The molecule has 0 radical (unpaired) electrons. The molecule has 0 bridgehead atoms. The molecular formula is C26H28N4O6S2. The molecule has 3 atom stereocenters. The average molecular weight is 557 g/mol. The molecule has 0 spiro atoms. The lowest BCUT2D eigenvalue weighted by molar-refractivity contribution is -0.148. The van der Waals surface area contributed by atoms with E-state index >= 15 is 0 Å². The normalized spacial score (nSPS) is 21.4. The van der Waals surface area contributed by atoms with E-state index in [0.717, 1.165) is 0 Å². The number of benzene rings is 2. The van der Waals surface area contributed by atoms with E-state index in [0.29, 0.717) is 27.6 Å². The van der Waals surface area contributed by atoms with Crippen molar-refractivity contribution in [1.29, 1.82) is 0 Å². The third-order valence-corrected chi connectivity index (χ3v) is 8.34. The second-order valence-electron chi connectivity index (χ2n) is 8.80. The van der Waals surface area contributed by atoms with Crippen LogP contribution in [0.15, 0.2) is 76.1 Å². The van der Waals surface area contributed by atoms with Crippen LogP contribution in [0.1, 0.15) is 25.3 Å². The van der Waals surface area contributed by atoms with Gasteiger partial charge in [0.25, 0.3) is 0 Å². The van der Waals surface area contributed by atoms with E-state index in [9.17, 15) is 18.0 Å². The Labute approximate surface area is 224 Å². The first-order valence-corrected chi connectivity index (χ1v) is 14.0. The summed E-state index contributed by atoms with van der Waals surface area (Å²) in [6.45, 7) is 3.56. The number of ether oxygens (including phenoxy) is 2. The van der Waals surface area contributed by atoms with Gasteiger partial charge in [-0.15, -0.1) is 11.3 Å². The third kappa shape index (κ3) is 4.77. The Morgan fingerprint density at radius 1 is 1.08 bits per heavy atom. The molecule has 0 saturated heterocycles. The molecule has 10 nitrogen and oxygen atoms in total. The van der Waals surface area contributed by atoms with Gasteiger partial charge in [0.1, 0.15) is 0 Å². The van der Waals surface area contributed by atoms with E-state index in [-0.39, 0.29) is 10.5 Å². The molecule has 4 N–H and O–H groups in total. The summed E-state index contributed by atoms with van der Waals surface area (Å²) < 4.78 is 34.7. The van der Waals surface area contributed by atoms with E-state index < -0.39 is 39.5 Å². The summed E-state index contributed by atoms with van der Waals surface area (Å²) in [5.41, 5.74) is 0.678. The Bertz CT molecular complexity index is 1500. The van der Waals surface area contributed by atoms with E-state index in [4.69, 9.17) is 14.6 Å². The minimum Gasteiger partial charge on any atom is -0.467 e. The molecule has 200 valence electrons. The van der Waals surface area contributed by atoms with Crippen molar-refractivity contribution in [3.05, 3.63) is 76.8 Å². The van der Waals surface area contributed by atoms with Gasteiger partial charge in [-0.1, -0.05) is 48.5 Å². The van der Waals surface area contributed by atoms with E-state index in [1.165, 1.54) is 31.6 Å². The number of methoxy groups -OCH3 is 2. The molecule has 1 aliphatic heterocycles. The molecule has 0 fully saturated rings. The number of aromatic nitrogens is 1. The number of nitrogens with one attached hydrogen (secondary N) is 2. The molecule has 12 heteroatoms. The van der Waals surface area contributed by atoms with Crippen molar-refractivity contribution >= 4 is 38.4 Å². The number of carbonyl (C=O) groups excluding carboxylic acids is 2. The minimum absolute atomic E-state index is 0.0686. The van der Waals surface area contributed by atoms with Crippen LogP contribution in [0.25, 0.3) is 11.3 Å². The van der Waals surface area contributed by atoms with Gasteiger partial charge in [0.05, 0.1) is 42.3 Å². The number of hydrogen-bond donors (Lipinski definition) is 3. The molecular weight excluding hydrogens is 528 g/mol. The van der Waals surface area contributed by atoms with Crippen LogP contribution < -0.4 is 15.8 Å². The number of allylic oxidation sites excluding steroid dienone is 1. The molecule has 2 heterocycles. The fraction of sp³-hybridized carbons (Fsp3) is 0.269. The highest BCUT2D eigenvalue weighted by molar-refractivity contribution is 7.89. The van der Waals surface area contributed by atoms with Crippen LogP contribution >= 0.6 is 11.3 Å². The summed E-state index contributed by atoms with van der Waals surface area (Å²) in [6, 6.07) is 14.8. The van der Waals surface area contributed by atoms with Crippen LogP contribution in [0.2, 0.25) is 0 Å². The first kappa shape index (κ1) is 27.3. The van der Waals surface area contributed by atoms with Crippen molar-refractivity contribution in [2.45, 2.75) is 36.2 Å². The third-order valence-electron chi connectivity index (χ3n) is 6.61. The molecule has 2 aromatic carbocycles. The topological polar surface area (TPSA) is 150 Å². The summed E-state index contributed by atoms with van der Waals surface area (Å²) in [5, 5.41) is 13.9. The smallest absolute Gasteiger partial charge is 0.336 e. The SMILES string of the molecule is COC(=O)C1=C(C)NC(C)C(Nc2nc(-c3ccccc3S(N)(=O)=O)cs2)(C(=O)OC)C1c1ccccc1. The Balaban J connectivity index is 1.90. The lowest BCUT2D eigenvalue weighted by atomic mass is 9.68. The molecule has 4 rings (SSSR count). The second kappa shape index (κ2) is 10.6. The predicted octanol–water partition coefficient (Wildman–Crippen LogP) is 3.00. The summed E-state index contributed by atoms with van der Waals surface area (Å²) in [4.78, 5) is 31.3. The van der Waals surface area contributed by atoms with Gasteiger partial charge >= 0.3 is 11.9 Å². The highest BCUT2D eigenvalue weighted by Crippen LogP contribution is 2.45. The summed E-state index contributed by atoms with van der Waals surface area (Å²) in [5.74, 6) is -2.03. The van der Waals surface area contributed by atoms with Gasteiger partial charge in [0.15, 0.2) is 10.7 Å². The Morgan fingerprint density at radius 2 is 1.74 bits per heavy atom. The average Bonchev–Trinajstić information content (AvgIpc) is 3.37. The zero-order valence-electron chi connectivity index (χ0n) is 21.2. The summed E-state index contributed by atoms with van der Waals surface area (Å²) in [6.07, 6.45) is 0. The van der Waals surface area contributed by atoms with Crippen LogP contribution in [0.5, 0.6) is 0 Å². The van der Waals surface area contributed by atoms with E-state index in [2.05, 4.69) is 15.6 Å². The Kier molecular flexibility index (Phi) is 7.58. The number of nitrogens with zero attached hydrogens (tertiary/aromatic N) is 1. The fourth-order valence-electron chi connectivity index (χ4n) is 4.92. The number of thiazole rings is 1. The maximum atomic E-state index is 13.7. The number of nitrogens with two attached hydrogens (primary N) is 1. The summed E-state index contributed by atoms with van der Waals surface area (Å²) >= 11 is 1.17. The van der Waals surface area contributed by atoms with Gasteiger partial charge in [-0.3, -0.25) is 0 Å². The molecule has 0 aliphatic carbocycles. The Morgan fingerprint density at radius 3 is 2.37 bits per heavy atom. The number of esters is 2. The minimum atomic E-state index is -4.01. The van der Waals surface area contributed by atoms with Crippen LogP contribution in [0.3, 0.4) is 0 Å².